The van der Waals surface area contributed by atoms with Gasteiger partial charge in [-0.25, -0.2) is 0 Å². The van der Waals surface area contributed by atoms with E-state index in [1.807, 2.05) is 6.92 Å². The predicted octanol–water partition coefficient (Wildman–Crippen LogP) is 1.30. The molecule has 0 spiro atoms. The van der Waals surface area contributed by atoms with Gasteiger partial charge in [0.1, 0.15) is 0 Å². The first kappa shape index (κ1) is 12.0. The molecule has 0 aliphatic carbocycles. The number of hydrogen-bond donors (Lipinski definition) is 2. The fraction of sp³-hybridized carbons (Fsp3) is 0.154. The molecule has 5 heteroatoms. The highest BCUT2D eigenvalue weighted by molar-refractivity contribution is 5.94. The molecule has 1 aromatic carbocycles. The molecule has 3 N–H and O–H groups in total. The maximum Gasteiger partial charge on any atom is 0.251 e. The number of benzene rings is 1. The molecule has 1 amide bonds. The minimum absolute atomic E-state index is 0.149. The minimum Gasteiger partial charge on any atom is -0.399 e. The molecule has 1 aromatic heterocycles. The summed E-state index contributed by atoms with van der Waals surface area (Å²) in [4.78, 5) is 19.9. The van der Waals surface area contributed by atoms with Gasteiger partial charge in [-0.15, -0.1) is 0 Å². The van der Waals surface area contributed by atoms with Gasteiger partial charge in [0.05, 0.1) is 18.4 Å². The fourth-order valence-corrected chi connectivity index (χ4v) is 1.51. The summed E-state index contributed by atoms with van der Waals surface area (Å²) in [6.07, 6.45) is 4.80. The third-order valence-corrected chi connectivity index (χ3v) is 2.58. The summed E-state index contributed by atoms with van der Waals surface area (Å²) in [5.74, 6) is -0.149. The molecule has 5 nitrogen and oxygen atoms in total. The number of rotatable bonds is 3. The Kier molecular flexibility index (Phi) is 3.52. The molecule has 2 rings (SSSR count). The molecule has 1 heterocycles. The molecule has 0 saturated carbocycles. The molecule has 0 radical (unpaired) electrons. The van der Waals surface area contributed by atoms with Crippen LogP contribution >= 0.6 is 0 Å². The second-order valence-electron chi connectivity index (χ2n) is 3.95. The van der Waals surface area contributed by atoms with Crippen LogP contribution in [-0.4, -0.2) is 15.9 Å². The number of aromatic nitrogens is 2. The van der Waals surface area contributed by atoms with E-state index in [-0.39, 0.29) is 5.91 Å². The van der Waals surface area contributed by atoms with Gasteiger partial charge < -0.3 is 11.1 Å². The minimum atomic E-state index is -0.149. The SMILES string of the molecule is Cc1cc(C(=O)NCc2cnccn2)ccc1N. The van der Waals surface area contributed by atoms with Crippen LogP contribution in [0.4, 0.5) is 5.69 Å². The second-order valence-corrected chi connectivity index (χ2v) is 3.95. The molecule has 0 aliphatic rings. The average Bonchev–Trinajstić information content (AvgIpc) is 2.40. The van der Waals surface area contributed by atoms with Gasteiger partial charge >= 0.3 is 0 Å². The summed E-state index contributed by atoms with van der Waals surface area (Å²) >= 11 is 0. The van der Waals surface area contributed by atoms with E-state index in [2.05, 4.69) is 15.3 Å². The quantitative estimate of drug-likeness (QED) is 0.795. The monoisotopic (exact) mass is 242 g/mol. The first-order chi connectivity index (χ1) is 8.66. The lowest BCUT2D eigenvalue weighted by atomic mass is 10.1. The Morgan fingerprint density at radius 1 is 1.39 bits per heavy atom. The molecule has 92 valence electrons. The molecule has 0 unspecified atom stereocenters. The van der Waals surface area contributed by atoms with Crippen LogP contribution in [0, 0.1) is 6.92 Å². The van der Waals surface area contributed by atoms with Crippen LogP contribution in [0.5, 0.6) is 0 Å². The van der Waals surface area contributed by atoms with Crippen molar-refractivity contribution in [2.75, 3.05) is 5.73 Å². The molecule has 0 aliphatic heterocycles. The highest BCUT2D eigenvalue weighted by Crippen LogP contribution is 2.12. The highest BCUT2D eigenvalue weighted by Gasteiger charge is 2.06. The molecule has 18 heavy (non-hydrogen) atoms. The van der Waals surface area contributed by atoms with Crippen LogP contribution in [0.2, 0.25) is 0 Å². The summed E-state index contributed by atoms with van der Waals surface area (Å²) in [6.45, 7) is 2.23. The standard InChI is InChI=1S/C13H14N4O/c1-9-6-10(2-3-12(9)14)13(18)17-8-11-7-15-4-5-16-11/h2-7H,8,14H2,1H3,(H,17,18). The van der Waals surface area contributed by atoms with E-state index < -0.39 is 0 Å². The van der Waals surface area contributed by atoms with E-state index in [4.69, 9.17) is 5.73 Å². The number of anilines is 1. The summed E-state index contributed by atoms with van der Waals surface area (Å²) in [7, 11) is 0. The van der Waals surface area contributed by atoms with Gasteiger partial charge in [0.15, 0.2) is 0 Å². The number of nitrogens with two attached hydrogens (primary N) is 1. The molecular formula is C13H14N4O. The number of amides is 1. The second kappa shape index (κ2) is 5.27. The Bertz CT molecular complexity index is 554. The Morgan fingerprint density at radius 3 is 2.89 bits per heavy atom. The number of nitrogen functional groups attached to an aromatic ring is 1. The third kappa shape index (κ3) is 2.82. The predicted molar refractivity (Wildman–Crippen MR) is 68.8 cm³/mol. The first-order valence-electron chi connectivity index (χ1n) is 5.56. The first-order valence-corrected chi connectivity index (χ1v) is 5.56. The number of carbonyl (C=O) groups is 1. The number of hydrogen-bond acceptors (Lipinski definition) is 4. The van der Waals surface area contributed by atoms with Gasteiger partial charge in [-0.3, -0.25) is 14.8 Å². The highest BCUT2D eigenvalue weighted by atomic mass is 16.1. The summed E-state index contributed by atoms with van der Waals surface area (Å²) in [5, 5.41) is 2.78. The van der Waals surface area contributed by atoms with Crippen molar-refractivity contribution >= 4 is 11.6 Å². The van der Waals surface area contributed by atoms with Crippen molar-refractivity contribution in [1.82, 2.24) is 15.3 Å². The maximum atomic E-state index is 11.9. The number of carbonyl (C=O) groups excluding carboxylic acids is 1. The van der Waals surface area contributed by atoms with E-state index >= 15 is 0 Å². The van der Waals surface area contributed by atoms with E-state index in [1.54, 1.807) is 36.8 Å². The van der Waals surface area contributed by atoms with Gasteiger partial charge in [-0.1, -0.05) is 0 Å². The van der Waals surface area contributed by atoms with Gasteiger partial charge in [0.2, 0.25) is 0 Å². The third-order valence-electron chi connectivity index (χ3n) is 2.58. The van der Waals surface area contributed by atoms with Crippen LogP contribution in [0.15, 0.2) is 36.8 Å². The van der Waals surface area contributed by atoms with Crippen molar-refractivity contribution in [3.63, 3.8) is 0 Å². The zero-order valence-electron chi connectivity index (χ0n) is 10.1. The zero-order valence-corrected chi connectivity index (χ0v) is 10.1. The van der Waals surface area contributed by atoms with Crippen LogP contribution < -0.4 is 11.1 Å². The molecule has 0 saturated heterocycles. The summed E-state index contributed by atoms with van der Waals surface area (Å²) < 4.78 is 0. The van der Waals surface area contributed by atoms with Crippen molar-refractivity contribution in [2.45, 2.75) is 13.5 Å². The lowest BCUT2D eigenvalue weighted by Crippen LogP contribution is -2.23. The average molecular weight is 242 g/mol. The van der Waals surface area contributed by atoms with Gasteiger partial charge in [0.25, 0.3) is 5.91 Å². The maximum absolute atomic E-state index is 11.9. The zero-order chi connectivity index (χ0) is 13.0. The van der Waals surface area contributed by atoms with Crippen LogP contribution in [0.25, 0.3) is 0 Å². The lowest BCUT2D eigenvalue weighted by molar-refractivity contribution is 0.0950. The molecular weight excluding hydrogens is 228 g/mol. The van der Waals surface area contributed by atoms with E-state index in [0.717, 1.165) is 11.3 Å². The number of nitrogens with zero attached hydrogens (tertiary/aromatic N) is 2. The molecule has 0 bridgehead atoms. The van der Waals surface area contributed by atoms with Crippen molar-refractivity contribution in [1.29, 1.82) is 0 Å². The molecule has 0 atom stereocenters. The summed E-state index contributed by atoms with van der Waals surface area (Å²) in [5.41, 5.74) is 8.58. The van der Waals surface area contributed by atoms with Crippen molar-refractivity contribution in [3.8, 4) is 0 Å². The lowest BCUT2D eigenvalue weighted by Gasteiger charge is -2.06. The fourth-order valence-electron chi connectivity index (χ4n) is 1.51. The normalized spacial score (nSPS) is 10.1. The Hall–Kier alpha value is -2.43. The van der Waals surface area contributed by atoms with Crippen LogP contribution in [0.1, 0.15) is 21.6 Å². The topological polar surface area (TPSA) is 80.9 Å². The largest absolute Gasteiger partial charge is 0.399 e. The van der Waals surface area contributed by atoms with E-state index in [9.17, 15) is 4.79 Å². The van der Waals surface area contributed by atoms with E-state index in [1.165, 1.54) is 0 Å². The summed E-state index contributed by atoms with van der Waals surface area (Å²) in [6, 6.07) is 5.20. The Balaban J connectivity index is 2.02. The van der Waals surface area contributed by atoms with Crippen LogP contribution in [-0.2, 0) is 6.54 Å². The van der Waals surface area contributed by atoms with Gasteiger partial charge in [-0.2, -0.15) is 0 Å². The number of nitrogens with one attached hydrogen (secondary N) is 1. The van der Waals surface area contributed by atoms with Crippen molar-refractivity contribution in [2.24, 2.45) is 0 Å². The Labute approximate surface area is 105 Å². The van der Waals surface area contributed by atoms with Crippen molar-refractivity contribution in [3.05, 3.63) is 53.6 Å². The van der Waals surface area contributed by atoms with Gasteiger partial charge in [-0.05, 0) is 30.7 Å². The van der Waals surface area contributed by atoms with E-state index in [0.29, 0.717) is 17.8 Å². The molecule has 0 fully saturated rings. The van der Waals surface area contributed by atoms with Crippen molar-refractivity contribution < 1.29 is 4.79 Å². The van der Waals surface area contributed by atoms with Gasteiger partial charge in [0, 0.05) is 23.6 Å². The molecule has 2 aromatic rings. The number of aryl methyl sites for hydroxylation is 1. The van der Waals surface area contributed by atoms with Crippen LogP contribution in [0.3, 0.4) is 0 Å². The smallest absolute Gasteiger partial charge is 0.251 e. The Morgan fingerprint density at radius 2 is 2.22 bits per heavy atom.